The van der Waals surface area contributed by atoms with Gasteiger partial charge < -0.3 is 29.3 Å². The van der Waals surface area contributed by atoms with E-state index in [0.29, 0.717) is 43.7 Å². The summed E-state index contributed by atoms with van der Waals surface area (Å²) in [6.07, 6.45) is 5.19. The minimum Gasteiger partial charge on any atom is -0.494 e. The highest BCUT2D eigenvalue weighted by atomic mass is 16.5. The first-order chi connectivity index (χ1) is 22.9. The number of benzene rings is 2. The molecule has 5 rings (SSSR count). The molecule has 48 heavy (non-hydrogen) atoms. The maximum atomic E-state index is 15.1. The van der Waals surface area contributed by atoms with Gasteiger partial charge >= 0.3 is 0 Å². The van der Waals surface area contributed by atoms with E-state index in [0.717, 1.165) is 5.56 Å². The van der Waals surface area contributed by atoms with E-state index in [1.54, 1.807) is 26.9 Å². The highest BCUT2D eigenvalue weighted by molar-refractivity contribution is 6.03. The molecule has 3 heterocycles. The molecular weight excluding hydrogens is 606 g/mol. The summed E-state index contributed by atoms with van der Waals surface area (Å²) in [6, 6.07) is 15.2. The second kappa shape index (κ2) is 13.9. The zero-order valence-corrected chi connectivity index (χ0v) is 29.1. The quantitative estimate of drug-likeness (QED) is 0.282. The number of nitrogens with zero attached hydrogens (tertiary/aromatic N) is 3. The van der Waals surface area contributed by atoms with Crippen LogP contribution in [0.15, 0.2) is 79.9 Å². The molecule has 6 atom stereocenters. The third-order valence-corrected chi connectivity index (χ3v) is 10.5. The SMILES string of the molecule is C=CCN(C(=O)[C@H]1[C@H]2C(=O)N([C@@H](CO)Cc3ccccc3)C(C(=O)N(CC=C)C(C)(C)C)C23CC[C@]1(CC)O3)c1ccc(OCC)cc1. The van der Waals surface area contributed by atoms with E-state index in [9.17, 15) is 14.7 Å². The molecule has 0 radical (unpaired) electrons. The predicted octanol–water partition coefficient (Wildman–Crippen LogP) is 5.18. The monoisotopic (exact) mass is 657 g/mol. The topological polar surface area (TPSA) is 99.6 Å². The van der Waals surface area contributed by atoms with E-state index < -0.39 is 40.7 Å². The molecule has 3 aliphatic heterocycles. The molecule has 3 aliphatic rings. The van der Waals surface area contributed by atoms with Gasteiger partial charge in [-0.25, -0.2) is 0 Å². The number of aliphatic hydroxyl groups is 1. The van der Waals surface area contributed by atoms with Gasteiger partial charge in [0.05, 0.1) is 36.7 Å². The van der Waals surface area contributed by atoms with Gasteiger partial charge in [0.2, 0.25) is 17.7 Å². The number of fused-ring (bicyclic) bond motifs is 1. The fraction of sp³-hybridized carbons (Fsp3) is 0.513. The molecule has 3 fully saturated rings. The lowest BCUT2D eigenvalue weighted by Crippen LogP contribution is -2.62. The number of ether oxygens (including phenoxy) is 2. The van der Waals surface area contributed by atoms with Crippen molar-refractivity contribution in [2.24, 2.45) is 11.8 Å². The highest BCUT2D eigenvalue weighted by Gasteiger charge is 2.79. The van der Waals surface area contributed by atoms with Crippen molar-refractivity contribution in [2.75, 3.05) is 31.2 Å². The second-order valence-electron chi connectivity index (χ2n) is 14.2. The summed E-state index contributed by atoms with van der Waals surface area (Å²) >= 11 is 0. The van der Waals surface area contributed by atoms with Crippen molar-refractivity contribution in [3.63, 3.8) is 0 Å². The predicted molar refractivity (Wildman–Crippen MR) is 187 cm³/mol. The van der Waals surface area contributed by atoms with Gasteiger partial charge in [0.1, 0.15) is 17.4 Å². The van der Waals surface area contributed by atoms with Gasteiger partial charge in [0.15, 0.2) is 0 Å². The Kier molecular flexibility index (Phi) is 10.2. The Balaban J connectivity index is 1.64. The lowest BCUT2D eigenvalue weighted by Gasteiger charge is -2.43. The maximum absolute atomic E-state index is 15.1. The lowest BCUT2D eigenvalue weighted by molar-refractivity contribution is -0.158. The van der Waals surface area contributed by atoms with Crippen molar-refractivity contribution in [1.29, 1.82) is 0 Å². The standard InChI is InChI=1S/C39H51N3O6/c1-8-23-40(28-17-19-30(20-18-28)47-11-4)34(44)31-32-35(45)42(29(26-43)25-27-15-13-12-14-16-27)33(36(46)41(24-9-2)37(5,6)7)39(32)22-21-38(31,10-3)48-39/h8-9,12-20,29,31-33,43H,1-2,10-11,21-26H2,3-7H3/t29-,31-,32+,33?,38+,39?/m1/s1. The second-order valence-corrected chi connectivity index (χ2v) is 14.2. The maximum Gasteiger partial charge on any atom is 0.249 e. The van der Waals surface area contributed by atoms with Crippen LogP contribution in [-0.4, -0.2) is 87.8 Å². The van der Waals surface area contributed by atoms with Crippen LogP contribution in [0.2, 0.25) is 0 Å². The molecule has 2 bridgehead atoms. The molecule has 2 aromatic carbocycles. The summed E-state index contributed by atoms with van der Waals surface area (Å²) in [4.78, 5) is 49.9. The van der Waals surface area contributed by atoms with E-state index in [1.165, 1.54) is 0 Å². The fourth-order valence-corrected chi connectivity index (χ4v) is 8.32. The molecule has 9 heteroatoms. The van der Waals surface area contributed by atoms with Crippen molar-refractivity contribution in [3.05, 3.63) is 85.5 Å². The summed E-state index contributed by atoms with van der Waals surface area (Å²) in [6.45, 7) is 18.3. The third-order valence-electron chi connectivity index (χ3n) is 10.5. The fourth-order valence-electron chi connectivity index (χ4n) is 8.32. The van der Waals surface area contributed by atoms with Gasteiger partial charge in [0, 0.05) is 24.3 Å². The van der Waals surface area contributed by atoms with E-state index in [-0.39, 0.29) is 37.4 Å². The molecule has 9 nitrogen and oxygen atoms in total. The van der Waals surface area contributed by atoms with Crippen LogP contribution in [0.3, 0.4) is 0 Å². The minimum absolute atomic E-state index is 0.230. The van der Waals surface area contributed by atoms with Gasteiger partial charge in [-0.05, 0) is 83.2 Å². The number of hydrogen-bond donors (Lipinski definition) is 1. The van der Waals surface area contributed by atoms with Crippen LogP contribution in [0.5, 0.6) is 5.75 Å². The zero-order valence-electron chi connectivity index (χ0n) is 29.1. The van der Waals surface area contributed by atoms with Crippen molar-refractivity contribution in [2.45, 2.75) is 89.1 Å². The average Bonchev–Trinajstić information content (AvgIpc) is 3.68. The molecule has 2 aromatic rings. The number of rotatable bonds is 14. The molecule has 1 spiro atoms. The first-order valence-electron chi connectivity index (χ1n) is 17.2. The van der Waals surface area contributed by atoms with Gasteiger partial charge in [-0.1, -0.05) is 49.4 Å². The number of anilines is 1. The summed E-state index contributed by atoms with van der Waals surface area (Å²) in [5.41, 5.74) is -1.17. The van der Waals surface area contributed by atoms with Crippen LogP contribution in [-0.2, 0) is 25.5 Å². The number of carbonyl (C=O) groups is 3. The lowest BCUT2D eigenvalue weighted by atomic mass is 9.64. The Bertz CT molecular complexity index is 1500. The number of likely N-dealkylation sites (tertiary alicyclic amines) is 1. The Morgan fingerprint density at radius 3 is 2.27 bits per heavy atom. The number of aliphatic hydroxyl groups excluding tert-OH is 1. The van der Waals surface area contributed by atoms with E-state index in [4.69, 9.17) is 9.47 Å². The van der Waals surface area contributed by atoms with Gasteiger partial charge in [-0.3, -0.25) is 14.4 Å². The van der Waals surface area contributed by atoms with Crippen molar-refractivity contribution >= 4 is 23.4 Å². The van der Waals surface area contributed by atoms with Crippen LogP contribution < -0.4 is 9.64 Å². The number of hydrogen-bond acceptors (Lipinski definition) is 6. The molecule has 1 N–H and O–H groups in total. The Morgan fingerprint density at radius 1 is 1.04 bits per heavy atom. The first-order valence-corrected chi connectivity index (χ1v) is 17.2. The Morgan fingerprint density at radius 2 is 1.71 bits per heavy atom. The summed E-state index contributed by atoms with van der Waals surface area (Å²) < 4.78 is 12.7. The van der Waals surface area contributed by atoms with Crippen LogP contribution in [0.4, 0.5) is 5.69 Å². The number of amides is 3. The Hall–Kier alpha value is -3.95. The molecule has 0 saturated carbocycles. The van der Waals surface area contributed by atoms with Crippen molar-refractivity contribution < 1.29 is 29.0 Å². The molecule has 0 aliphatic carbocycles. The molecule has 2 unspecified atom stereocenters. The minimum atomic E-state index is -1.24. The van der Waals surface area contributed by atoms with Crippen molar-refractivity contribution in [3.8, 4) is 5.75 Å². The number of carbonyl (C=O) groups excluding carboxylic acids is 3. The van der Waals surface area contributed by atoms with E-state index in [2.05, 4.69) is 13.2 Å². The van der Waals surface area contributed by atoms with Crippen LogP contribution in [0, 0.1) is 11.8 Å². The Labute approximate surface area is 285 Å². The average molecular weight is 658 g/mol. The van der Waals surface area contributed by atoms with E-state index in [1.807, 2.05) is 89.2 Å². The summed E-state index contributed by atoms with van der Waals surface area (Å²) in [5, 5.41) is 10.9. The molecular formula is C39H51N3O6. The van der Waals surface area contributed by atoms with E-state index >= 15 is 4.79 Å². The largest absolute Gasteiger partial charge is 0.494 e. The highest BCUT2D eigenvalue weighted by Crippen LogP contribution is 2.65. The van der Waals surface area contributed by atoms with Crippen LogP contribution in [0.1, 0.15) is 59.4 Å². The van der Waals surface area contributed by atoms with Crippen LogP contribution in [0.25, 0.3) is 0 Å². The molecule has 3 saturated heterocycles. The first kappa shape index (κ1) is 35.4. The smallest absolute Gasteiger partial charge is 0.249 e. The third kappa shape index (κ3) is 5.96. The summed E-state index contributed by atoms with van der Waals surface area (Å²) in [5.74, 6) is -1.88. The zero-order chi connectivity index (χ0) is 34.9. The van der Waals surface area contributed by atoms with Gasteiger partial charge in [0.25, 0.3) is 0 Å². The molecule has 258 valence electrons. The van der Waals surface area contributed by atoms with Gasteiger partial charge in [-0.2, -0.15) is 0 Å². The normalized spacial score (nSPS) is 26.6. The molecule has 0 aromatic heterocycles. The van der Waals surface area contributed by atoms with Gasteiger partial charge in [-0.15, -0.1) is 13.2 Å². The van der Waals surface area contributed by atoms with Crippen LogP contribution >= 0.6 is 0 Å². The molecule has 3 amide bonds. The van der Waals surface area contributed by atoms with Crippen molar-refractivity contribution in [1.82, 2.24) is 9.80 Å². The summed E-state index contributed by atoms with van der Waals surface area (Å²) in [7, 11) is 0.